The van der Waals surface area contributed by atoms with E-state index in [-0.39, 0.29) is 6.04 Å². The molecule has 0 bridgehead atoms. The quantitative estimate of drug-likeness (QED) is 0.806. The van der Waals surface area contributed by atoms with Crippen LogP contribution < -0.4 is 10.1 Å². The van der Waals surface area contributed by atoms with Gasteiger partial charge < -0.3 is 10.1 Å². The summed E-state index contributed by atoms with van der Waals surface area (Å²) >= 11 is 5.36. The summed E-state index contributed by atoms with van der Waals surface area (Å²) in [5.41, 5.74) is 2.58. The van der Waals surface area contributed by atoms with Gasteiger partial charge in [0.15, 0.2) is 0 Å². The maximum absolute atomic E-state index is 5.79. The third kappa shape index (κ3) is 3.25. The summed E-state index contributed by atoms with van der Waals surface area (Å²) in [4.78, 5) is 1.37. The van der Waals surface area contributed by atoms with Crippen molar-refractivity contribution in [2.24, 2.45) is 0 Å². The first-order valence-electron chi connectivity index (χ1n) is 6.87. The fourth-order valence-corrected chi connectivity index (χ4v) is 3.85. The molecule has 0 aliphatic heterocycles. The summed E-state index contributed by atoms with van der Waals surface area (Å²) < 4.78 is 6.86. The average molecular weight is 354 g/mol. The summed E-state index contributed by atoms with van der Waals surface area (Å²) in [5, 5.41) is 5.59. The summed E-state index contributed by atoms with van der Waals surface area (Å²) in [6, 6.07) is 8.58. The molecule has 0 amide bonds. The molecule has 1 aromatic carbocycles. The van der Waals surface area contributed by atoms with Crippen LogP contribution >= 0.6 is 27.3 Å². The molecule has 1 aromatic heterocycles. The Morgan fingerprint density at radius 3 is 2.75 bits per heavy atom. The maximum Gasteiger partial charge on any atom is 0.124 e. The van der Waals surface area contributed by atoms with Gasteiger partial charge in [-0.25, -0.2) is 0 Å². The molecule has 2 aromatic rings. The van der Waals surface area contributed by atoms with Crippen LogP contribution in [0.4, 0.5) is 0 Å². The van der Waals surface area contributed by atoms with Crippen LogP contribution in [0, 0.1) is 0 Å². The van der Waals surface area contributed by atoms with Gasteiger partial charge in [-0.2, -0.15) is 0 Å². The van der Waals surface area contributed by atoms with Crippen LogP contribution in [0.3, 0.4) is 0 Å². The predicted octanol–water partition coefficient (Wildman–Crippen LogP) is 4.78. The molecule has 0 saturated heterocycles. The molecule has 1 unspecified atom stereocenters. The number of aryl methyl sites for hydroxylation is 1. The summed E-state index contributed by atoms with van der Waals surface area (Å²) in [5.74, 6) is 0.950. The lowest BCUT2D eigenvalue weighted by Crippen LogP contribution is -2.18. The second-order valence-corrected chi connectivity index (χ2v) is 6.36. The molecular formula is C16H20BrNOS. The Bertz CT molecular complexity index is 567. The molecule has 20 heavy (non-hydrogen) atoms. The van der Waals surface area contributed by atoms with Crippen molar-refractivity contribution < 1.29 is 4.74 Å². The number of thiophene rings is 1. The highest BCUT2D eigenvalue weighted by Crippen LogP contribution is 2.36. The molecule has 4 heteroatoms. The highest BCUT2D eigenvalue weighted by molar-refractivity contribution is 9.10. The fraction of sp³-hybridized carbons (Fsp3) is 0.375. The Balaban J connectivity index is 2.48. The van der Waals surface area contributed by atoms with Crippen molar-refractivity contribution in [1.29, 1.82) is 0 Å². The van der Waals surface area contributed by atoms with E-state index < -0.39 is 0 Å². The van der Waals surface area contributed by atoms with Crippen LogP contribution in [-0.4, -0.2) is 13.7 Å². The van der Waals surface area contributed by atoms with Crippen LogP contribution in [0.1, 0.15) is 35.9 Å². The number of ether oxygens (including phenoxy) is 1. The van der Waals surface area contributed by atoms with Crippen LogP contribution in [0.2, 0.25) is 0 Å². The van der Waals surface area contributed by atoms with Crippen molar-refractivity contribution in [3.63, 3.8) is 0 Å². The van der Waals surface area contributed by atoms with Crippen molar-refractivity contribution in [2.75, 3.05) is 13.7 Å². The maximum atomic E-state index is 5.79. The van der Waals surface area contributed by atoms with Gasteiger partial charge in [0, 0.05) is 14.9 Å². The van der Waals surface area contributed by atoms with E-state index in [1.807, 2.05) is 26.1 Å². The number of hydrogen-bond acceptors (Lipinski definition) is 3. The Morgan fingerprint density at radius 2 is 2.10 bits per heavy atom. The SMILES string of the molecule is CCOc1ccc(Br)cc1C(NC)c1sccc1CC. The molecule has 2 rings (SSSR count). The lowest BCUT2D eigenvalue weighted by Gasteiger charge is -2.20. The monoisotopic (exact) mass is 353 g/mol. The number of rotatable bonds is 6. The second kappa shape index (κ2) is 7.25. The van der Waals surface area contributed by atoms with Crippen LogP contribution in [0.25, 0.3) is 0 Å². The van der Waals surface area contributed by atoms with Crippen LogP contribution in [0.15, 0.2) is 34.1 Å². The van der Waals surface area contributed by atoms with Gasteiger partial charge in [0.05, 0.1) is 12.6 Å². The summed E-state index contributed by atoms with van der Waals surface area (Å²) in [6.45, 7) is 4.89. The minimum atomic E-state index is 0.170. The molecule has 0 fully saturated rings. The van der Waals surface area contributed by atoms with Crippen molar-refractivity contribution in [2.45, 2.75) is 26.3 Å². The van der Waals surface area contributed by atoms with Gasteiger partial charge in [0.1, 0.15) is 5.75 Å². The highest BCUT2D eigenvalue weighted by Gasteiger charge is 2.20. The van der Waals surface area contributed by atoms with Crippen molar-refractivity contribution >= 4 is 27.3 Å². The molecule has 0 spiro atoms. The van der Waals surface area contributed by atoms with Crippen LogP contribution in [0.5, 0.6) is 5.75 Å². The van der Waals surface area contributed by atoms with E-state index in [0.29, 0.717) is 6.61 Å². The molecule has 1 N–H and O–H groups in total. The minimum absolute atomic E-state index is 0.170. The Morgan fingerprint density at radius 1 is 1.30 bits per heavy atom. The van der Waals surface area contributed by atoms with Gasteiger partial charge in [-0.15, -0.1) is 11.3 Å². The lowest BCUT2D eigenvalue weighted by molar-refractivity contribution is 0.334. The Kier molecular flexibility index (Phi) is 5.64. The van der Waals surface area contributed by atoms with Gasteiger partial charge in [-0.05, 0) is 55.6 Å². The number of halogens is 1. The van der Waals surface area contributed by atoms with Gasteiger partial charge in [-0.3, -0.25) is 0 Å². The van der Waals surface area contributed by atoms with Crippen molar-refractivity contribution in [1.82, 2.24) is 5.32 Å². The molecule has 1 atom stereocenters. The number of nitrogens with one attached hydrogen (secondary N) is 1. The molecular weight excluding hydrogens is 334 g/mol. The number of hydrogen-bond donors (Lipinski definition) is 1. The average Bonchev–Trinajstić information content (AvgIpc) is 2.91. The standard InChI is InChI=1S/C16H20BrNOS/c1-4-11-8-9-20-16(11)15(18-3)13-10-12(17)6-7-14(13)19-5-2/h6-10,15,18H,4-5H2,1-3H3. The molecule has 0 radical (unpaired) electrons. The van der Waals surface area contributed by atoms with E-state index in [0.717, 1.165) is 16.6 Å². The van der Waals surface area contributed by atoms with Gasteiger partial charge in [-0.1, -0.05) is 22.9 Å². The normalized spacial score (nSPS) is 12.4. The smallest absolute Gasteiger partial charge is 0.124 e. The van der Waals surface area contributed by atoms with Gasteiger partial charge in [0.2, 0.25) is 0 Å². The zero-order valence-electron chi connectivity index (χ0n) is 12.1. The molecule has 108 valence electrons. The predicted molar refractivity (Wildman–Crippen MR) is 89.9 cm³/mol. The third-order valence-corrected chi connectivity index (χ3v) is 4.81. The van der Waals surface area contributed by atoms with E-state index in [9.17, 15) is 0 Å². The topological polar surface area (TPSA) is 21.3 Å². The van der Waals surface area contributed by atoms with E-state index in [4.69, 9.17) is 4.74 Å². The molecule has 0 aliphatic rings. The van der Waals surface area contributed by atoms with Crippen molar-refractivity contribution in [3.05, 3.63) is 50.1 Å². The lowest BCUT2D eigenvalue weighted by atomic mass is 10.0. The van der Waals surface area contributed by atoms with Crippen LogP contribution in [-0.2, 0) is 6.42 Å². The molecule has 0 saturated carbocycles. The first-order valence-corrected chi connectivity index (χ1v) is 8.54. The van der Waals surface area contributed by atoms with E-state index in [1.54, 1.807) is 11.3 Å². The first-order chi connectivity index (χ1) is 9.71. The Hall–Kier alpha value is -0.840. The molecule has 2 nitrogen and oxygen atoms in total. The summed E-state index contributed by atoms with van der Waals surface area (Å²) in [7, 11) is 2.00. The van der Waals surface area contributed by atoms with Gasteiger partial charge in [0.25, 0.3) is 0 Å². The van der Waals surface area contributed by atoms with E-state index >= 15 is 0 Å². The third-order valence-electron chi connectivity index (χ3n) is 3.30. The molecule has 0 aliphatic carbocycles. The van der Waals surface area contributed by atoms with E-state index in [2.05, 4.69) is 45.7 Å². The van der Waals surface area contributed by atoms with E-state index in [1.165, 1.54) is 16.0 Å². The zero-order valence-corrected chi connectivity index (χ0v) is 14.5. The second-order valence-electron chi connectivity index (χ2n) is 4.50. The number of benzene rings is 1. The zero-order chi connectivity index (χ0) is 14.5. The first kappa shape index (κ1) is 15.5. The summed E-state index contributed by atoms with van der Waals surface area (Å²) in [6.07, 6.45) is 1.05. The minimum Gasteiger partial charge on any atom is -0.494 e. The fourth-order valence-electron chi connectivity index (χ4n) is 2.35. The van der Waals surface area contributed by atoms with Crippen molar-refractivity contribution in [3.8, 4) is 5.75 Å². The van der Waals surface area contributed by atoms with Gasteiger partial charge >= 0.3 is 0 Å². The highest BCUT2D eigenvalue weighted by atomic mass is 79.9. The Labute approximate surface area is 133 Å². The largest absolute Gasteiger partial charge is 0.494 e. The molecule has 1 heterocycles.